The lowest BCUT2D eigenvalue weighted by Crippen LogP contribution is -2.30. The normalized spacial score (nSPS) is 9.69. The van der Waals surface area contributed by atoms with Crippen LogP contribution in [0.4, 0.5) is 0 Å². The molecule has 0 radical (unpaired) electrons. The van der Waals surface area contributed by atoms with E-state index >= 15 is 0 Å². The Morgan fingerprint density at radius 3 is 2.75 bits per heavy atom. The average molecular weight is 354 g/mol. The van der Waals surface area contributed by atoms with E-state index in [4.69, 9.17) is 11.6 Å². The third-order valence-corrected chi connectivity index (χ3v) is 3.37. The Morgan fingerprint density at radius 2 is 2.19 bits per heavy atom. The van der Waals surface area contributed by atoms with Crippen LogP contribution in [0, 0.1) is 3.57 Å². The number of carbonyl (C=O) groups is 2. The van der Waals surface area contributed by atoms with Crippen LogP contribution in [-0.2, 0) is 9.53 Å². The number of amides is 1. The van der Waals surface area contributed by atoms with Gasteiger partial charge >= 0.3 is 5.97 Å². The van der Waals surface area contributed by atoms with E-state index in [9.17, 15) is 9.59 Å². The van der Waals surface area contributed by atoms with Crippen LogP contribution < -0.4 is 5.32 Å². The average Bonchev–Trinajstić information content (AvgIpc) is 2.29. The minimum atomic E-state index is -0.495. The summed E-state index contributed by atoms with van der Waals surface area (Å²) in [4.78, 5) is 22.4. The van der Waals surface area contributed by atoms with Crippen molar-refractivity contribution in [2.45, 2.75) is 0 Å². The first-order valence-electron chi connectivity index (χ1n) is 4.34. The number of hydrogen-bond donors (Lipinski definition) is 1. The van der Waals surface area contributed by atoms with E-state index in [2.05, 4.69) is 32.6 Å². The van der Waals surface area contributed by atoms with Gasteiger partial charge in [-0.1, -0.05) is 11.6 Å². The smallest absolute Gasteiger partial charge is 0.325 e. The van der Waals surface area contributed by atoms with E-state index in [1.807, 2.05) is 0 Å². The number of ether oxygens (including phenoxy) is 1. The first-order chi connectivity index (χ1) is 7.54. The number of nitrogens with one attached hydrogen (secondary N) is 1. The van der Waals surface area contributed by atoms with Gasteiger partial charge in [-0.25, -0.2) is 0 Å². The molecular weight excluding hydrogens is 344 g/mol. The van der Waals surface area contributed by atoms with Crippen LogP contribution in [0.25, 0.3) is 0 Å². The number of hydrogen-bond acceptors (Lipinski definition) is 3. The maximum absolute atomic E-state index is 11.5. The van der Waals surface area contributed by atoms with Gasteiger partial charge in [0.1, 0.15) is 6.54 Å². The standard InChI is InChI=1S/C10H9ClINO3/c1-16-9(14)5-13-10(15)6-2-3-8(12)7(11)4-6/h2-4H,5H2,1H3,(H,13,15). The zero-order valence-electron chi connectivity index (χ0n) is 8.42. The molecular formula is C10H9ClINO3. The largest absolute Gasteiger partial charge is 0.468 e. The van der Waals surface area contributed by atoms with E-state index in [0.717, 1.165) is 3.57 Å². The van der Waals surface area contributed by atoms with Gasteiger partial charge in [0.2, 0.25) is 0 Å². The summed E-state index contributed by atoms with van der Waals surface area (Å²) < 4.78 is 5.26. The second kappa shape index (κ2) is 6.05. The van der Waals surface area contributed by atoms with Gasteiger partial charge in [0.15, 0.2) is 0 Å². The molecule has 0 saturated heterocycles. The summed E-state index contributed by atoms with van der Waals surface area (Å²) in [6.45, 7) is -0.154. The van der Waals surface area contributed by atoms with Crippen molar-refractivity contribution < 1.29 is 14.3 Å². The van der Waals surface area contributed by atoms with Crippen molar-refractivity contribution >= 4 is 46.1 Å². The fraction of sp³-hybridized carbons (Fsp3) is 0.200. The number of rotatable bonds is 3. The Kier molecular flexibility index (Phi) is 5.01. The van der Waals surface area contributed by atoms with Crippen molar-refractivity contribution in [2.24, 2.45) is 0 Å². The SMILES string of the molecule is COC(=O)CNC(=O)c1ccc(I)c(Cl)c1. The zero-order chi connectivity index (χ0) is 12.1. The van der Waals surface area contributed by atoms with E-state index < -0.39 is 5.97 Å². The zero-order valence-corrected chi connectivity index (χ0v) is 11.3. The van der Waals surface area contributed by atoms with Crippen molar-refractivity contribution in [3.8, 4) is 0 Å². The van der Waals surface area contributed by atoms with Crippen molar-refractivity contribution in [3.05, 3.63) is 32.4 Å². The molecule has 16 heavy (non-hydrogen) atoms. The highest BCUT2D eigenvalue weighted by Crippen LogP contribution is 2.19. The van der Waals surface area contributed by atoms with Gasteiger partial charge in [0, 0.05) is 9.13 Å². The number of benzene rings is 1. The molecule has 1 rings (SSSR count). The second-order valence-electron chi connectivity index (χ2n) is 2.89. The summed E-state index contributed by atoms with van der Waals surface area (Å²) >= 11 is 7.93. The van der Waals surface area contributed by atoms with E-state index in [-0.39, 0.29) is 12.5 Å². The number of carbonyl (C=O) groups excluding carboxylic acids is 2. The Hall–Kier alpha value is -0.820. The molecule has 1 aromatic rings. The van der Waals surface area contributed by atoms with Gasteiger partial charge in [0.05, 0.1) is 12.1 Å². The minimum absolute atomic E-state index is 0.154. The minimum Gasteiger partial charge on any atom is -0.468 e. The predicted octanol–water partition coefficient (Wildman–Crippen LogP) is 1.85. The van der Waals surface area contributed by atoms with Crippen LogP contribution in [0.15, 0.2) is 18.2 Å². The monoisotopic (exact) mass is 353 g/mol. The first-order valence-corrected chi connectivity index (χ1v) is 5.80. The quantitative estimate of drug-likeness (QED) is 0.666. The van der Waals surface area contributed by atoms with E-state index in [1.54, 1.807) is 18.2 Å². The topological polar surface area (TPSA) is 55.4 Å². The van der Waals surface area contributed by atoms with Crippen LogP contribution in [0.3, 0.4) is 0 Å². The van der Waals surface area contributed by atoms with Crippen molar-refractivity contribution in [1.29, 1.82) is 0 Å². The van der Waals surface area contributed by atoms with Gasteiger partial charge in [0.25, 0.3) is 5.91 Å². The van der Waals surface area contributed by atoms with E-state index in [0.29, 0.717) is 10.6 Å². The second-order valence-corrected chi connectivity index (χ2v) is 4.46. The molecule has 0 aliphatic carbocycles. The molecule has 4 nitrogen and oxygen atoms in total. The molecule has 1 amide bonds. The Labute approximate surface area is 111 Å². The first kappa shape index (κ1) is 13.2. The molecule has 0 unspecified atom stereocenters. The van der Waals surface area contributed by atoms with Crippen LogP contribution in [0.5, 0.6) is 0 Å². The summed E-state index contributed by atoms with van der Waals surface area (Å²) in [5.74, 6) is -0.853. The molecule has 0 aromatic heterocycles. The third-order valence-electron chi connectivity index (χ3n) is 1.80. The number of methoxy groups -OCH3 is 1. The highest BCUT2D eigenvalue weighted by Gasteiger charge is 2.09. The lowest BCUT2D eigenvalue weighted by atomic mass is 10.2. The fourth-order valence-corrected chi connectivity index (χ4v) is 1.48. The summed E-state index contributed by atoms with van der Waals surface area (Å²) in [6, 6.07) is 4.92. The molecule has 0 heterocycles. The van der Waals surface area contributed by atoms with E-state index in [1.165, 1.54) is 7.11 Å². The maximum atomic E-state index is 11.5. The van der Waals surface area contributed by atoms with Gasteiger partial charge in [-0.15, -0.1) is 0 Å². The third kappa shape index (κ3) is 3.64. The highest BCUT2D eigenvalue weighted by molar-refractivity contribution is 14.1. The lowest BCUT2D eigenvalue weighted by Gasteiger charge is -2.04. The molecule has 6 heteroatoms. The molecule has 0 aliphatic rings. The van der Waals surface area contributed by atoms with Crippen LogP contribution >= 0.6 is 34.2 Å². The van der Waals surface area contributed by atoms with Crippen LogP contribution in [0.2, 0.25) is 5.02 Å². The molecule has 0 atom stereocenters. The number of esters is 1. The van der Waals surface area contributed by atoms with Crippen LogP contribution in [-0.4, -0.2) is 25.5 Å². The van der Waals surface area contributed by atoms with Gasteiger partial charge in [-0.2, -0.15) is 0 Å². The summed E-state index contributed by atoms with van der Waals surface area (Å²) in [7, 11) is 1.26. The molecule has 1 N–H and O–H groups in total. The summed E-state index contributed by atoms with van der Waals surface area (Å²) in [6.07, 6.45) is 0. The molecule has 1 aromatic carbocycles. The summed E-state index contributed by atoms with van der Waals surface area (Å²) in [5.41, 5.74) is 0.411. The Morgan fingerprint density at radius 1 is 1.50 bits per heavy atom. The molecule has 0 fully saturated rings. The molecule has 0 saturated carbocycles. The Balaban J connectivity index is 2.66. The van der Waals surface area contributed by atoms with Crippen molar-refractivity contribution in [3.63, 3.8) is 0 Å². The molecule has 0 bridgehead atoms. The van der Waals surface area contributed by atoms with Crippen molar-refractivity contribution in [2.75, 3.05) is 13.7 Å². The predicted molar refractivity (Wildman–Crippen MR) is 68.5 cm³/mol. The maximum Gasteiger partial charge on any atom is 0.325 e. The molecule has 0 spiro atoms. The summed E-state index contributed by atoms with van der Waals surface area (Å²) in [5, 5.41) is 2.93. The number of halogens is 2. The highest BCUT2D eigenvalue weighted by atomic mass is 127. The van der Waals surface area contributed by atoms with Crippen molar-refractivity contribution in [1.82, 2.24) is 5.32 Å². The van der Waals surface area contributed by atoms with Gasteiger partial charge < -0.3 is 10.1 Å². The lowest BCUT2D eigenvalue weighted by molar-refractivity contribution is -0.139. The van der Waals surface area contributed by atoms with Crippen LogP contribution in [0.1, 0.15) is 10.4 Å². The van der Waals surface area contributed by atoms with Gasteiger partial charge in [-0.05, 0) is 40.8 Å². The fourth-order valence-electron chi connectivity index (χ4n) is 0.964. The molecule has 0 aliphatic heterocycles. The Bertz CT molecular complexity index is 423. The molecule has 86 valence electrons. The van der Waals surface area contributed by atoms with Gasteiger partial charge in [-0.3, -0.25) is 9.59 Å².